The van der Waals surface area contributed by atoms with E-state index in [-0.39, 0.29) is 51.3 Å². The van der Waals surface area contributed by atoms with Crippen molar-refractivity contribution in [2.75, 3.05) is 0 Å². The molecule has 3 aromatic carbocycles. The summed E-state index contributed by atoms with van der Waals surface area (Å²) >= 11 is 0. The Labute approximate surface area is 172 Å². The summed E-state index contributed by atoms with van der Waals surface area (Å²) < 4.78 is 0. The third-order valence-electron chi connectivity index (χ3n) is 3.14. The van der Waals surface area contributed by atoms with Crippen LogP contribution >= 0.6 is 0 Å². The molecule has 0 saturated carbocycles. The molecule has 0 fully saturated rings. The molecule has 3 rings (SSSR count). The summed E-state index contributed by atoms with van der Waals surface area (Å²) in [5.74, 6) is -0.646. The van der Waals surface area contributed by atoms with Gasteiger partial charge in [0.05, 0.1) is 0 Å². The number of para-hydroxylation sites is 3. The Kier molecular flexibility index (Phi) is 12.1. The molecule has 141 valence electrons. The van der Waals surface area contributed by atoms with Gasteiger partial charge >= 0.3 is 17.4 Å². The molecule has 0 aliphatic heterocycles. The molecular formula is C21H15CrO6. The second kappa shape index (κ2) is 13.8. The molecule has 28 heavy (non-hydrogen) atoms. The summed E-state index contributed by atoms with van der Waals surface area (Å²) in [5.41, 5.74) is 0.660. The number of aldehydes is 3. The average molecular weight is 415 g/mol. The fourth-order valence-corrected chi connectivity index (χ4v) is 1.73. The van der Waals surface area contributed by atoms with E-state index in [4.69, 9.17) is 0 Å². The van der Waals surface area contributed by atoms with Gasteiger partial charge in [0.1, 0.15) is 18.9 Å². The Bertz CT molecular complexity index is 778. The van der Waals surface area contributed by atoms with Crippen LogP contribution in [0.1, 0.15) is 31.1 Å². The van der Waals surface area contributed by atoms with Crippen molar-refractivity contribution in [2.45, 2.75) is 0 Å². The first-order valence-electron chi connectivity index (χ1n) is 7.67. The Balaban J connectivity index is 0.000000384. The van der Waals surface area contributed by atoms with Crippen LogP contribution in [0.25, 0.3) is 0 Å². The maximum Gasteiger partial charge on any atom is 3.00 e. The molecule has 0 saturated heterocycles. The van der Waals surface area contributed by atoms with E-state index in [1.807, 2.05) is 0 Å². The van der Waals surface area contributed by atoms with Gasteiger partial charge in [0, 0.05) is 16.7 Å². The van der Waals surface area contributed by atoms with E-state index in [9.17, 15) is 29.7 Å². The summed E-state index contributed by atoms with van der Waals surface area (Å²) in [6.45, 7) is 0. The van der Waals surface area contributed by atoms with Crippen molar-refractivity contribution < 1.29 is 47.1 Å². The number of benzene rings is 3. The van der Waals surface area contributed by atoms with Gasteiger partial charge in [0.25, 0.3) is 0 Å². The van der Waals surface area contributed by atoms with E-state index in [0.29, 0.717) is 18.9 Å². The Morgan fingerprint density at radius 2 is 0.679 bits per heavy atom. The van der Waals surface area contributed by atoms with E-state index in [2.05, 4.69) is 0 Å². The van der Waals surface area contributed by atoms with Crippen molar-refractivity contribution in [2.24, 2.45) is 0 Å². The zero-order chi connectivity index (χ0) is 20.1. The van der Waals surface area contributed by atoms with Gasteiger partial charge in [0.2, 0.25) is 0 Å². The second-order valence-corrected chi connectivity index (χ2v) is 4.97. The standard InChI is InChI=1S/3C7H6O2.Cr/c3*8-5-6-3-1-2-4-7(6)9;/h3*1-5,9H;/q;;;+3/p-3. The van der Waals surface area contributed by atoms with Crippen LogP contribution in [-0.4, -0.2) is 18.9 Å². The average Bonchev–Trinajstić information content (AvgIpc) is 2.70. The van der Waals surface area contributed by atoms with Crippen molar-refractivity contribution in [1.82, 2.24) is 0 Å². The first-order valence-corrected chi connectivity index (χ1v) is 7.67. The first-order chi connectivity index (χ1) is 13.0. The molecule has 0 aliphatic carbocycles. The number of hydrogen-bond donors (Lipinski definition) is 0. The summed E-state index contributed by atoms with van der Waals surface area (Å²) in [6.07, 6.45) is 1.67. The molecule has 0 N–H and O–H groups in total. The van der Waals surface area contributed by atoms with Crippen molar-refractivity contribution in [3.8, 4) is 17.2 Å². The monoisotopic (exact) mass is 415 g/mol. The minimum absolute atomic E-state index is 0. The Morgan fingerprint density at radius 1 is 0.464 bits per heavy atom. The number of hydrogen-bond acceptors (Lipinski definition) is 6. The van der Waals surface area contributed by atoms with Crippen LogP contribution in [0.5, 0.6) is 17.2 Å². The Hall–Kier alpha value is -3.40. The molecule has 0 bridgehead atoms. The number of rotatable bonds is 3. The largest absolute Gasteiger partial charge is 3.00 e. The van der Waals surface area contributed by atoms with Crippen LogP contribution in [0.15, 0.2) is 72.8 Å². The van der Waals surface area contributed by atoms with Gasteiger partial charge < -0.3 is 15.3 Å². The molecule has 3 aromatic rings. The third-order valence-corrected chi connectivity index (χ3v) is 3.14. The second-order valence-electron chi connectivity index (χ2n) is 4.97. The molecule has 0 spiro atoms. The van der Waals surface area contributed by atoms with Crippen LogP contribution in [0, 0.1) is 0 Å². The zero-order valence-electron chi connectivity index (χ0n) is 14.5. The fourth-order valence-electron chi connectivity index (χ4n) is 1.73. The van der Waals surface area contributed by atoms with Crippen molar-refractivity contribution >= 4 is 18.9 Å². The molecule has 0 heterocycles. The maximum atomic E-state index is 10.6. The molecule has 6 nitrogen and oxygen atoms in total. The van der Waals surface area contributed by atoms with Gasteiger partial charge in [-0.2, -0.15) is 0 Å². The predicted molar refractivity (Wildman–Crippen MR) is 93.8 cm³/mol. The summed E-state index contributed by atoms with van der Waals surface area (Å²) in [6, 6.07) is 18.4. The van der Waals surface area contributed by atoms with Crippen molar-refractivity contribution in [3.05, 3.63) is 89.5 Å². The smallest absolute Gasteiger partial charge is 0.872 e. The molecule has 1 radical (unpaired) electrons. The first kappa shape index (κ1) is 24.6. The van der Waals surface area contributed by atoms with E-state index < -0.39 is 0 Å². The minimum atomic E-state index is -0.215. The third kappa shape index (κ3) is 8.32. The van der Waals surface area contributed by atoms with Crippen LogP contribution in [0.4, 0.5) is 0 Å². The number of carbonyl (C=O) groups is 3. The molecule has 0 atom stereocenters. The molecule has 0 aromatic heterocycles. The van der Waals surface area contributed by atoms with Crippen LogP contribution in [-0.2, 0) is 17.4 Å². The van der Waals surface area contributed by atoms with Crippen LogP contribution in [0.2, 0.25) is 0 Å². The topological polar surface area (TPSA) is 120 Å². The fraction of sp³-hybridized carbons (Fsp3) is 0. The maximum absolute atomic E-state index is 10.6. The molecule has 0 amide bonds. The van der Waals surface area contributed by atoms with E-state index in [0.717, 1.165) is 0 Å². The predicted octanol–water partition coefficient (Wildman–Crippen LogP) is 1.72. The summed E-state index contributed by atoms with van der Waals surface area (Å²) in [4.78, 5) is 30.1. The molecule has 0 unspecified atom stereocenters. The Morgan fingerprint density at radius 3 is 0.821 bits per heavy atom. The number of carbonyl (C=O) groups excluding carboxylic acids is 3. The zero-order valence-corrected chi connectivity index (χ0v) is 15.8. The SMILES string of the molecule is O=Cc1ccccc1[O-].O=Cc1ccccc1[O-].O=Cc1ccccc1[O-].[Cr+3]. The summed E-state index contributed by atoms with van der Waals surface area (Å²) in [5, 5.41) is 31.9. The van der Waals surface area contributed by atoms with E-state index in [1.54, 1.807) is 36.4 Å². The summed E-state index contributed by atoms with van der Waals surface area (Å²) in [7, 11) is 0. The van der Waals surface area contributed by atoms with Gasteiger partial charge in [-0.05, 0) is 0 Å². The van der Waals surface area contributed by atoms with Crippen molar-refractivity contribution in [1.29, 1.82) is 0 Å². The molecule has 0 aliphatic rings. The normalized spacial score (nSPS) is 8.57. The van der Waals surface area contributed by atoms with Gasteiger partial charge in [-0.25, -0.2) is 0 Å². The van der Waals surface area contributed by atoms with E-state index in [1.165, 1.54) is 36.4 Å². The van der Waals surface area contributed by atoms with Gasteiger partial charge in [-0.3, -0.25) is 14.4 Å². The minimum Gasteiger partial charge on any atom is -0.872 e. The quantitative estimate of drug-likeness (QED) is 0.601. The van der Waals surface area contributed by atoms with Crippen LogP contribution in [0.3, 0.4) is 0 Å². The molecular weight excluding hydrogens is 400 g/mol. The van der Waals surface area contributed by atoms with Crippen molar-refractivity contribution in [3.63, 3.8) is 0 Å². The van der Waals surface area contributed by atoms with Gasteiger partial charge in [0.15, 0.2) is 0 Å². The van der Waals surface area contributed by atoms with Gasteiger partial charge in [-0.1, -0.05) is 90.0 Å². The van der Waals surface area contributed by atoms with E-state index >= 15 is 0 Å². The molecule has 7 heteroatoms. The van der Waals surface area contributed by atoms with Gasteiger partial charge in [-0.15, -0.1) is 0 Å². The van der Waals surface area contributed by atoms with Crippen LogP contribution < -0.4 is 15.3 Å².